The van der Waals surface area contributed by atoms with Gasteiger partial charge in [0.05, 0.1) is 12.7 Å². The average Bonchev–Trinajstić information content (AvgIpc) is 2.45. The van der Waals surface area contributed by atoms with Crippen molar-refractivity contribution < 1.29 is 4.74 Å². The van der Waals surface area contributed by atoms with Crippen molar-refractivity contribution in [2.24, 2.45) is 0 Å². The summed E-state index contributed by atoms with van der Waals surface area (Å²) in [4.78, 5) is 0.707. The van der Waals surface area contributed by atoms with Crippen molar-refractivity contribution in [3.05, 3.63) is 65.2 Å². The smallest absolute Gasteiger partial charge is 0.129 e. The first-order chi connectivity index (χ1) is 9.20. The van der Waals surface area contributed by atoms with Gasteiger partial charge in [0.1, 0.15) is 10.7 Å². The largest absolute Gasteiger partial charge is 0.496 e. The molecule has 0 unspecified atom stereocenters. The monoisotopic (exact) mass is 271 g/mol. The Morgan fingerprint density at radius 3 is 2.68 bits per heavy atom. The minimum Gasteiger partial charge on any atom is -0.496 e. The molecule has 0 spiro atoms. The van der Waals surface area contributed by atoms with E-state index in [1.54, 1.807) is 7.11 Å². The second-order valence-corrected chi connectivity index (χ2v) is 4.78. The zero-order valence-electron chi connectivity index (χ0n) is 11.1. The van der Waals surface area contributed by atoms with Crippen LogP contribution in [0.3, 0.4) is 0 Å². The van der Waals surface area contributed by atoms with Gasteiger partial charge in [-0.05, 0) is 24.6 Å². The number of hydrogen-bond donors (Lipinski definition) is 1. The highest BCUT2D eigenvalue weighted by Gasteiger charge is 2.06. The molecule has 0 fully saturated rings. The van der Waals surface area contributed by atoms with E-state index >= 15 is 0 Å². The standard InChI is InChI=1S/C16H17NOS/c1-12-6-5-7-13(10-12)11-17-16(19)14-8-3-4-9-15(14)18-2/h3-10H,11H2,1-2H3,(H,17,19). The summed E-state index contributed by atoms with van der Waals surface area (Å²) in [6.45, 7) is 2.81. The molecule has 2 rings (SSSR count). The fourth-order valence-corrected chi connectivity index (χ4v) is 2.17. The lowest BCUT2D eigenvalue weighted by Crippen LogP contribution is -2.22. The van der Waals surface area contributed by atoms with Gasteiger partial charge in [-0.1, -0.05) is 54.2 Å². The van der Waals surface area contributed by atoms with Crippen molar-refractivity contribution in [1.82, 2.24) is 5.32 Å². The molecule has 0 saturated carbocycles. The molecule has 0 aliphatic rings. The van der Waals surface area contributed by atoms with Crippen LogP contribution in [-0.4, -0.2) is 12.1 Å². The first kappa shape index (κ1) is 13.6. The van der Waals surface area contributed by atoms with E-state index in [4.69, 9.17) is 17.0 Å². The number of nitrogens with one attached hydrogen (secondary N) is 1. The molecule has 0 atom stereocenters. The van der Waals surface area contributed by atoms with E-state index in [0.717, 1.165) is 17.9 Å². The van der Waals surface area contributed by atoms with Crippen LogP contribution in [0.15, 0.2) is 48.5 Å². The predicted octanol–water partition coefficient (Wildman–Crippen LogP) is 3.47. The van der Waals surface area contributed by atoms with Gasteiger partial charge in [-0.3, -0.25) is 0 Å². The molecule has 0 heterocycles. The maximum absolute atomic E-state index is 5.42. The number of rotatable bonds is 4. The van der Waals surface area contributed by atoms with Crippen molar-refractivity contribution in [3.63, 3.8) is 0 Å². The van der Waals surface area contributed by atoms with Gasteiger partial charge in [0.2, 0.25) is 0 Å². The van der Waals surface area contributed by atoms with Gasteiger partial charge in [-0.25, -0.2) is 0 Å². The van der Waals surface area contributed by atoms with Crippen LogP contribution >= 0.6 is 12.2 Å². The van der Waals surface area contributed by atoms with E-state index in [1.807, 2.05) is 24.3 Å². The maximum Gasteiger partial charge on any atom is 0.129 e. The Kier molecular flexibility index (Phi) is 4.53. The van der Waals surface area contributed by atoms with Gasteiger partial charge in [0, 0.05) is 6.54 Å². The molecule has 19 heavy (non-hydrogen) atoms. The predicted molar refractivity (Wildman–Crippen MR) is 82.7 cm³/mol. The first-order valence-corrected chi connectivity index (χ1v) is 6.58. The molecule has 2 aromatic rings. The van der Waals surface area contributed by atoms with E-state index in [0.29, 0.717) is 4.99 Å². The molecule has 0 aromatic heterocycles. The molecule has 0 aliphatic carbocycles. The summed E-state index contributed by atoms with van der Waals surface area (Å²) in [5.74, 6) is 0.796. The van der Waals surface area contributed by atoms with Gasteiger partial charge in [-0.2, -0.15) is 0 Å². The normalized spacial score (nSPS) is 10.0. The summed E-state index contributed by atoms with van der Waals surface area (Å²) in [6, 6.07) is 16.1. The van der Waals surface area contributed by atoms with Crippen LogP contribution in [0.4, 0.5) is 0 Å². The Hall–Kier alpha value is -1.87. The number of hydrogen-bond acceptors (Lipinski definition) is 2. The summed E-state index contributed by atoms with van der Waals surface area (Å²) in [6.07, 6.45) is 0. The highest BCUT2D eigenvalue weighted by atomic mass is 32.1. The highest BCUT2D eigenvalue weighted by Crippen LogP contribution is 2.17. The quantitative estimate of drug-likeness (QED) is 0.860. The Bertz CT molecular complexity index is 580. The summed E-state index contributed by atoms with van der Waals surface area (Å²) >= 11 is 5.42. The van der Waals surface area contributed by atoms with Crippen LogP contribution in [0.1, 0.15) is 16.7 Å². The highest BCUT2D eigenvalue weighted by molar-refractivity contribution is 7.80. The van der Waals surface area contributed by atoms with E-state index in [9.17, 15) is 0 Å². The van der Waals surface area contributed by atoms with Crippen LogP contribution in [-0.2, 0) is 6.54 Å². The zero-order chi connectivity index (χ0) is 13.7. The Morgan fingerprint density at radius 2 is 1.95 bits per heavy atom. The van der Waals surface area contributed by atoms with Gasteiger partial charge in [0.15, 0.2) is 0 Å². The van der Waals surface area contributed by atoms with Crippen molar-refractivity contribution in [2.45, 2.75) is 13.5 Å². The van der Waals surface area contributed by atoms with Crippen LogP contribution in [0.5, 0.6) is 5.75 Å². The second kappa shape index (κ2) is 6.34. The summed E-state index contributed by atoms with van der Waals surface area (Å²) < 4.78 is 5.31. The lowest BCUT2D eigenvalue weighted by molar-refractivity contribution is 0.414. The molecule has 2 aromatic carbocycles. The van der Waals surface area contributed by atoms with E-state index in [-0.39, 0.29) is 0 Å². The third-order valence-corrected chi connectivity index (χ3v) is 3.25. The Morgan fingerprint density at radius 1 is 1.16 bits per heavy atom. The molecular formula is C16H17NOS. The van der Waals surface area contributed by atoms with Crippen molar-refractivity contribution in [3.8, 4) is 5.75 Å². The fourth-order valence-electron chi connectivity index (χ4n) is 1.93. The lowest BCUT2D eigenvalue weighted by atomic mass is 10.1. The topological polar surface area (TPSA) is 21.3 Å². The number of aryl methyl sites for hydroxylation is 1. The van der Waals surface area contributed by atoms with E-state index in [1.165, 1.54) is 11.1 Å². The molecule has 2 nitrogen and oxygen atoms in total. The molecule has 0 bridgehead atoms. The SMILES string of the molecule is COc1ccccc1C(=S)NCc1cccc(C)c1. The number of ether oxygens (including phenoxy) is 1. The van der Waals surface area contributed by atoms with Crippen LogP contribution in [0.2, 0.25) is 0 Å². The van der Waals surface area contributed by atoms with E-state index in [2.05, 4.69) is 36.5 Å². The third kappa shape index (κ3) is 3.55. The maximum atomic E-state index is 5.42. The average molecular weight is 271 g/mol. The fraction of sp³-hybridized carbons (Fsp3) is 0.188. The molecule has 0 radical (unpaired) electrons. The molecule has 98 valence electrons. The van der Waals surface area contributed by atoms with Gasteiger partial charge >= 0.3 is 0 Å². The zero-order valence-corrected chi connectivity index (χ0v) is 12.0. The molecule has 3 heteroatoms. The summed E-state index contributed by atoms with van der Waals surface area (Å²) in [5.41, 5.74) is 3.40. The molecule has 0 amide bonds. The van der Waals surface area contributed by atoms with Crippen molar-refractivity contribution in [1.29, 1.82) is 0 Å². The third-order valence-electron chi connectivity index (χ3n) is 2.89. The Balaban J connectivity index is 2.05. The van der Waals surface area contributed by atoms with Gasteiger partial charge in [-0.15, -0.1) is 0 Å². The number of para-hydroxylation sites is 1. The minimum absolute atomic E-state index is 0.707. The second-order valence-electron chi connectivity index (χ2n) is 4.37. The molecule has 0 aliphatic heterocycles. The molecular weight excluding hydrogens is 254 g/mol. The number of thiocarbonyl (C=S) groups is 1. The van der Waals surface area contributed by atoms with Crippen molar-refractivity contribution >= 4 is 17.2 Å². The lowest BCUT2D eigenvalue weighted by Gasteiger charge is -2.11. The summed E-state index contributed by atoms with van der Waals surface area (Å²) in [5, 5.41) is 3.27. The van der Waals surface area contributed by atoms with Gasteiger partial charge in [0.25, 0.3) is 0 Å². The molecule has 0 saturated heterocycles. The minimum atomic E-state index is 0.707. The Labute approximate surface area is 119 Å². The number of methoxy groups -OCH3 is 1. The van der Waals surface area contributed by atoms with Crippen LogP contribution in [0, 0.1) is 6.92 Å². The number of benzene rings is 2. The first-order valence-electron chi connectivity index (χ1n) is 6.17. The van der Waals surface area contributed by atoms with Crippen LogP contribution < -0.4 is 10.1 Å². The van der Waals surface area contributed by atoms with Crippen molar-refractivity contribution in [2.75, 3.05) is 7.11 Å². The van der Waals surface area contributed by atoms with E-state index < -0.39 is 0 Å². The van der Waals surface area contributed by atoms with Crippen LogP contribution in [0.25, 0.3) is 0 Å². The molecule has 1 N–H and O–H groups in total. The summed E-state index contributed by atoms with van der Waals surface area (Å²) in [7, 11) is 1.65. The van der Waals surface area contributed by atoms with Gasteiger partial charge < -0.3 is 10.1 Å².